The van der Waals surface area contributed by atoms with E-state index in [1.807, 2.05) is 30.3 Å². The zero-order valence-electron chi connectivity index (χ0n) is 10.6. The van der Waals surface area contributed by atoms with Crippen molar-refractivity contribution >= 4 is 22.1 Å². The van der Waals surface area contributed by atoms with Crippen molar-refractivity contribution in [2.24, 2.45) is 5.18 Å². The van der Waals surface area contributed by atoms with Crippen LogP contribution in [0, 0.1) is 4.91 Å². The predicted molar refractivity (Wildman–Crippen MR) is 80.9 cm³/mol. The monoisotopic (exact) mass is 264 g/mol. The van der Waals surface area contributed by atoms with Gasteiger partial charge in [0.05, 0.1) is 0 Å². The number of phenols is 1. The molecule has 0 amide bonds. The molecule has 4 heteroatoms. The average Bonchev–Trinajstić information content (AvgIpc) is 2.47. The van der Waals surface area contributed by atoms with Gasteiger partial charge in [-0.05, 0) is 39.9 Å². The van der Waals surface area contributed by atoms with Crippen molar-refractivity contribution in [3.8, 4) is 16.9 Å². The number of anilines is 1. The van der Waals surface area contributed by atoms with Crippen molar-refractivity contribution in [2.75, 3.05) is 5.73 Å². The summed E-state index contributed by atoms with van der Waals surface area (Å²) in [4.78, 5) is 10.9. The highest BCUT2D eigenvalue weighted by Crippen LogP contribution is 2.41. The molecule has 0 radical (unpaired) electrons. The third-order valence-corrected chi connectivity index (χ3v) is 3.31. The number of nitrogen functional groups attached to an aromatic ring is 1. The predicted octanol–water partition coefficient (Wildman–Crippen LogP) is 4.19. The zero-order valence-corrected chi connectivity index (χ0v) is 10.6. The summed E-state index contributed by atoms with van der Waals surface area (Å²) in [6.07, 6.45) is 0. The fourth-order valence-corrected chi connectivity index (χ4v) is 2.34. The first-order valence-corrected chi connectivity index (χ1v) is 6.14. The number of phenolic OH excluding ortho intramolecular Hbond substituents is 1. The Morgan fingerprint density at radius 1 is 0.950 bits per heavy atom. The highest BCUT2D eigenvalue weighted by Gasteiger charge is 2.13. The third kappa shape index (κ3) is 1.87. The molecule has 0 atom stereocenters. The molecule has 3 N–H and O–H groups in total. The maximum Gasteiger partial charge on any atom is 0.157 e. The Morgan fingerprint density at radius 2 is 1.60 bits per heavy atom. The van der Waals surface area contributed by atoms with E-state index in [1.54, 1.807) is 24.3 Å². The first-order chi connectivity index (χ1) is 9.70. The maximum atomic E-state index is 10.9. The van der Waals surface area contributed by atoms with Gasteiger partial charge in [0.25, 0.3) is 0 Å². The topological polar surface area (TPSA) is 75.7 Å². The Kier molecular flexibility index (Phi) is 2.84. The van der Waals surface area contributed by atoms with Crippen LogP contribution in [0.25, 0.3) is 21.9 Å². The minimum absolute atomic E-state index is 0.0693. The van der Waals surface area contributed by atoms with Crippen LogP contribution in [0.2, 0.25) is 0 Å². The van der Waals surface area contributed by atoms with E-state index < -0.39 is 0 Å². The van der Waals surface area contributed by atoms with Crippen LogP contribution < -0.4 is 5.73 Å². The van der Waals surface area contributed by atoms with Crippen LogP contribution in [0.15, 0.2) is 59.8 Å². The highest BCUT2D eigenvalue weighted by molar-refractivity contribution is 6.04. The molecule has 0 fully saturated rings. The lowest BCUT2D eigenvalue weighted by Crippen LogP contribution is -1.86. The molecule has 3 aromatic carbocycles. The van der Waals surface area contributed by atoms with E-state index >= 15 is 0 Å². The first kappa shape index (κ1) is 12.2. The molecule has 98 valence electrons. The minimum Gasteiger partial charge on any atom is -0.506 e. The van der Waals surface area contributed by atoms with E-state index in [1.165, 1.54) is 0 Å². The van der Waals surface area contributed by atoms with Crippen molar-refractivity contribution < 1.29 is 5.11 Å². The van der Waals surface area contributed by atoms with E-state index in [0.717, 1.165) is 16.5 Å². The molecule has 4 nitrogen and oxygen atoms in total. The summed E-state index contributed by atoms with van der Waals surface area (Å²) in [5.41, 5.74) is 8.19. The van der Waals surface area contributed by atoms with Crippen LogP contribution in [0.3, 0.4) is 0 Å². The molecule has 0 spiro atoms. The second kappa shape index (κ2) is 4.66. The summed E-state index contributed by atoms with van der Waals surface area (Å²) >= 11 is 0. The Hall–Kier alpha value is -2.88. The third-order valence-electron chi connectivity index (χ3n) is 3.31. The van der Waals surface area contributed by atoms with Gasteiger partial charge in [0, 0.05) is 11.1 Å². The molecule has 0 heterocycles. The molecule has 0 aliphatic rings. The number of nitroso groups, excluding NO2 is 1. The number of aromatic hydroxyl groups is 1. The summed E-state index contributed by atoms with van der Waals surface area (Å²) in [5, 5.41) is 14.4. The Bertz CT molecular complexity index is 795. The molecule has 3 rings (SSSR count). The molecular weight excluding hydrogens is 252 g/mol. The number of fused-ring (bicyclic) bond motifs is 1. The molecule has 0 bridgehead atoms. The molecule has 0 aromatic heterocycles. The second-order valence-corrected chi connectivity index (χ2v) is 4.55. The van der Waals surface area contributed by atoms with Crippen LogP contribution in [0.4, 0.5) is 11.4 Å². The molecule has 0 aliphatic carbocycles. The van der Waals surface area contributed by atoms with E-state index in [0.29, 0.717) is 11.1 Å². The van der Waals surface area contributed by atoms with Gasteiger partial charge in [0.15, 0.2) is 5.69 Å². The Balaban J connectivity index is 2.36. The number of nitrogens with two attached hydrogens (primary N) is 1. The largest absolute Gasteiger partial charge is 0.506 e. The molecule has 0 aliphatic heterocycles. The van der Waals surface area contributed by atoms with Gasteiger partial charge in [0.2, 0.25) is 0 Å². The second-order valence-electron chi connectivity index (χ2n) is 4.55. The van der Waals surface area contributed by atoms with Crippen LogP contribution in [-0.2, 0) is 0 Å². The summed E-state index contributed by atoms with van der Waals surface area (Å²) in [7, 11) is 0. The van der Waals surface area contributed by atoms with Gasteiger partial charge in [-0.2, -0.15) is 0 Å². The highest BCUT2D eigenvalue weighted by atomic mass is 16.3. The Morgan fingerprint density at radius 3 is 2.25 bits per heavy atom. The van der Waals surface area contributed by atoms with Gasteiger partial charge < -0.3 is 10.8 Å². The average molecular weight is 264 g/mol. The van der Waals surface area contributed by atoms with E-state index in [9.17, 15) is 10.0 Å². The summed E-state index contributed by atoms with van der Waals surface area (Å²) < 4.78 is 0. The lowest BCUT2D eigenvalue weighted by molar-refractivity contribution is 0.478. The fourth-order valence-electron chi connectivity index (χ4n) is 2.34. The minimum atomic E-state index is -0.120. The quantitative estimate of drug-likeness (QED) is 0.538. The lowest BCUT2D eigenvalue weighted by Gasteiger charge is -2.10. The van der Waals surface area contributed by atoms with Gasteiger partial charge in [-0.1, -0.05) is 36.4 Å². The molecule has 20 heavy (non-hydrogen) atoms. The van der Waals surface area contributed by atoms with E-state index in [4.69, 9.17) is 5.73 Å². The molecule has 0 saturated carbocycles. The van der Waals surface area contributed by atoms with Gasteiger partial charge in [-0.25, -0.2) is 0 Å². The van der Waals surface area contributed by atoms with Gasteiger partial charge in [-0.3, -0.25) is 0 Å². The van der Waals surface area contributed by atoms with Crippen LogP contribution in [0.1, 0.15) is 0 Å². The van der Waals surface area contributed by atoms with Crippen LogP contribution >= 0.6 is 0 Å². The number of nitrogens with zero attached hydrogens (tertiary/aromatic N) is 1. The standard InChI is InChI=1S/C16H12N2O2/c17-11-7-5-10(6-8-11)14-9-15(19)16(18-20)13-4-2-1-3-12(13)14/h1-9,19H,17H2. The maximum absolute atomic E-state index is 10.9. The van der Waals surface area contributed by atoms with Crippen molar-refractivity contribution in [2.45, 2.75) is 0 Å². The zero-order chi connectivity index (χ0) is 14.1. The molecular formula is C16H12N2O2. The molecule has 3 aromatic rings. The van der Waals surface area contributed by atoms with Gasteiger partial charge in [0.1, 0.15) is 5.75 Å². The molecule has 0 unspecified atom stereocenters. The van der Waals surface area contributed by atoms with Crippen LogP contribution in [0.5, 0.6) is 5.75 Å². The van der Waals surface area contributed by atoms with Crippen LogP contribution in [-0.4, -0.2) is 5.11 Å². The summed E-state index contributed by atoms with van der Waals surface area (Å²) in [6.45, 7) is 0. The van der Waals surface area contributed by atoms with Crippen molar-refractivity contribution in [1.29, 1.82) is 0 Å². The number of hydrogen-bond donors (Lipinski definition) is 2. The van der Waals surface area contributed by atoms with Gasteiger partial charge >= 0.3 is 0 Å². The van der Waals surface area contributed by atoms with E-state index in [2.05, 4.69) is 5.18 Å². The Labute approximate surface area is 115 Å². The number of benzene rings is 3. The number of rotatable bonds is 2. The summed E-state index contributed by atoms with van der Waals surface area (Å²) in [6, 6.07) is 16.3. The lowest BCUT2D eigenvalue weighted by atomic mass is 9.96. The van der Waals surface area contributed by atoms with Gasteiger partial charge in [-0.15, -0.1) is 4.91 Å². The van der Waals surface area contributed by atoms with Crippen molar-refractivity contribution in [3.63, 3.8) is 0 Å². The summed E-state index contributed by atoms with van der Waals surface area (Å²) in [5.74, 6) is -0.120. The van der Waals surface area contributed by atoms with Crippen molar-refractivity contribution in [1.82, 2.24) is 0 Å². The number of hydrogen-bond acceptors (Lipinski definition) is 4. The van der Waals surface area contributed by atoms with E-state index in [-0.39, 0.29) is 11.4 Å². The van der Waals surface area contributed by atoms with Crippen molar-refractivity contribution in [3.05, 3.63) is 59.5 Å². The smallest absolute Gasteiger partial charge is 0.157 e. The normalized spacial score (nSPS) is 10.6. The molecule has 0 saturated heterocycles. The SMILES string of the molecule is Nc1ccc(-c2cc(O)c(N=O)c3ccccc23)cc1. The fraction of sp³-hybridized carbons (Fsp3) is 0. The first-order valence-electron chi connectivity index (χ1n) is 6.14.